The van der Waals surface area contributed by atoms with E-state index in [-0.39, 0.29) is 23.9 Å². The predicted molar refractivity (Wildman–Crippen MR) is 122 cm³/mol. The van der Waals surface area contributed by atoms with Gasteiger partial charge in [0.15, 0.2) is 0 Å². The molecule has 2 aromatic rings. The van der Waals surface area contributed by atoms with E-state index >= 15 is 0 Å². The summed E-state index contributed by atoms with van der Waals surface area (Å²) in [4.78, 5) is 21.8. The molecule has 2 saturated heterocycles. The monoisotopic (exact) mass is 461 g/mol. The van der Waals surface area contributed by atoms with Crippen LogP contribution in [0.2, 0.25) is 0 Å². The predicted octanol–water partition coefficient (Wildman–Crippen LogP) is 3.45. The molecule has 8 heteroatoms. The Bertz CT molecular complexity index is 940. The Morgan fingerprint density at radius 3 is 2.78 bits per heavy atom. The van der Waals surface area contributed by atoms with E-state index in [0.717, 1.165) is 43.0 Å². The average Bonchev–Trinajstić information content (AvgIpc) is 3.28. The van der Waals surface area contributed by atoms with Gasteiger partial charge in [0.2, 0.25) is 0 Å². The van der Waals surface area contributed by atoms with Crippen LogP contribution in [-0.4, -0.2) is 70.8 Å². The van der Waals surface area contributed by atoms with Crippen LogP contribution in [0.25, 0.3) is 0 Å². The van der Waals surface area contributed by atoms with E-state index in [0.29, 0.717) is 43.3 Å². The highest BCUT2D eigenvalue weighted by molar-refractivity contribution is 7.09. The van der Waals surface area contributed by atoms with Gasteiger partial charge < -0.3 is 14.7 Å². The number of thiazole rings is 1. The normalized spacial score (nSPS) is 19.1. The topological polar surface area (TPSA) is 65.9 Å². The smallest absolute Gasteiger partial charge is 0.273 e. The Labute approximate surface area is 193 Å². The molecule has 0 radical (unpaired) electrons. The molecule has 1 aromatic carbocycles. The van der Waals surface area contributed by atoms with Crippen molar-refractivity contribution >= 4 is 17.2 Å². The fraction of sp³-hybridized carbons (Fsp3) is 0.583. The maximum atomic E-state index is 13.9. The zero-order valence-electron chi connectivity index (χ0n) is 18.8. The lowest BCUT2D eigenvalue weighted by atomic mass is 9.89. The summed E-state index contributed by atoms with van der Waals surface area (Å²) < 4.78 is 20.1. The number of piperidine rings is 1. The molecule has 0 saturated carbocycles. The SMILES string of the molecule is CC(C)c1nc(C(=O)N2CCOC3(CCN(Cc4ccc(F)c(CCO)c4)CC3)C2)cs1. The van der Waals surface area contributed by atoms with Gasteiger partial charge in [0.25, 0.3) is 5.91 Å². The van der Waals surface area contributed by atoms with Gasteiger partial charge in [-0.05, 0) is 36.5 Å². The second kappa shape index (κ2) is 9.95. The summed E-state index contributed by atoms with van der Waals surface area (Å²) in [6, 6.07) is 5.16. The van der Waals surface area contributed by atoms with Gasteiger partial charge in [0.05, 0.1) is 23.8 Å². The van der Waals surface area contributed by atoms with Gasteiger partial charge in [-0.15, -0.1) is 11.3 Å². The Morgan fingerprint density at radius 1 is 1.31 bits per heavy atom. The highest BCUT2D eigenvalue weighted by Crippen LogP contribution is 2.32. The van der Waals surface area contributed by atoms with E-state index in [1.807, 2.05) is 22.4 Å². The Balaban J connectivity index is 1.35. The van der Waals surface area contributed by atoms with Gasteiger partial charge in [-0.3, -0.25) is 9.69 Å². The van der Waals surface area contributed by atoms with Gasteiger partial charge in [-0.1, -0.05) is 26.0 Å². The molecule has 6 nitrogen and oxygen atoms in total. The molecule has 0 unspecified atom stereocenters. The number of halogens is 1. The summed E-state index contributed by atoms with van der Waals surface area (Å²) in [6.07, 6.45) is 2.05. The summed E-state index contributed by atoms with van der Waals surface area (Å²) in [6.45, 7) is 8.34. The van der Waals surface area contributed by atoms with Crippen molar-refractivity contribution in [3.8, 4) is 0 Å². The summed E-state index contributed by atoms with van der Waals surface area (Å²) >= 11 is 1.55. The van der Waals surface area contributed by atoms with Gasteiger partial charge in [0.1, 0.15) is 11.5 Å². The molecule has 2 aliphatic heterocycles. The number of benzene rings is 1. The fourth-order valence-electron chi connectivity index (χ4n) is 4.55. The molecule has 0 aliphatic carbocycles. The standard InChI is InChI=1S/C24H32FN3O3S/c1-17(2)22-26-21(15-32-22)23(30)28-10-12-31-24(16-28)6-8-27(9-7-24)14-18-3-4-20(25)19(13-18)5-11-29/h3-4,13,15,17,29H,5-12,14,16H2,1-2H3. The summed E-state index contributed by atoms with van der Waals surface area (Å²) in [5, 5.41) is 12.0. The molecular formula is C24H32FN3O3S. The highest BCUT2D eigenvalue weighted by atomic mass is 32.1. The van der Waals surface area contributed by atoms with Crippen molar-refractivity contribution in [1.82, 2.24) is 14.8 Å². The number of amides is 1. The van der Waals surface area contributed by atoms with Crippen molar-refractivity contribution in [2.75, 3.05) is 39.4 Å². The zero-order valence-corrected chi connectivity index (χ0v) is 19.7. The lowest BCUT2D eigenvalue weighted by molar-refractivity contribution is -0.128. The molecule has 3 heterocycles. The fourth-order valence-corrected chi connectivity index (χ4v) is 5.36. The molecule has 4 rings (SSSR count). The van der Waals surface area contributed by atoms with Crippen LogP contribution in [0.4, 0.5) is 4.39 Å². The van der Waals surface area contributed by atoms with Crippen molar-refractivity contribution in [2.24, 2.45) is 0 Å². The third-order valence-corrected chi connectivity index (χ3v) is 7.58. The van der Waals surface area contributed by atoms with E-state index in [2.05, 4.69) is 23.7 Å². The molecule has 1 aromatic heterocycles. The van der Waals surface area contributed by atoms with Crippen LogP contribution in [0.1, 0.15) is 59.2 Å². The van der Waals surface area contributed by atoms with Crippen LogP contribution in [0.3, 0.4) is 0 Å². The molecule has 174 valence electrons. The van der Waals surface area contributed by atoms with Gasteiger partial charge in [-0.2, -0.15) is 0 Å². The average molecular weight is 462 g/mol. The van der Waals surface area contributed by atoms with Crippen LogP contribution in [0.15, 0.2) is 23.6 Å². The zero-order chi connectivity index (χ0) is 22.7. The molecule has 1 spiro atoms. The first-order valence-electron chi connectivity index (χ1n) is 11.4. The maximum Gasteiger partial charge on any atom is 0.273 e. The minimum absolute atomic E-state index is 0.000907. The van der Waals surface area contributed by atoms with Crippen LogP contribution >= 0.6 is 11.3 Å². The second-order valence-electron chi connectivity index (χ2n) is 9.16. The summed E-state index contributed by atoms with van der Waals surface area (Å²) in [7, 11) is 0. The number of aliphatic hydroxyl groups excluding tert-OH is 1. The second-order valence-corrected chi connectivity index (χ2v) is 10.0. The van der Waals surface area contributed by atoms with Crippen LogP contribution in [-0.2, 0) is 17.7 Å². The van der Waals surface area contributed by atoms with Gasteiger partial charge in [-0.25, -0.2) is 9.37 Å². The minimum Gasteiger partial charge on any atom is -0.396 e. The number of carbonyl (C=O) groups is 1. The van der Waals surface area contributed by atoms with Crippen molar-refractivity contribution < 1.29 is 19.0 Å². The number of aromatic nitrogens is 1. The van der Waals surface area contributed by atoms with Crippen molar-refractivity contribution in [2.45, 2.75) is 51.2 Å². The largest absolute Gasteiger partial charge is 0.396 e. The number of ether oxygens (including phenoxy) is 1. The van der Waals surface area contributed by atoms with Crippen LogP contribution < -0.4 is 0 Å². The third-order valence-electron chi connectivity index (χ3n) is 6.44. The molecule has 1 N–H and O–H groups in total. The highest BCUT2D eigenvalue weighted by Gasteiger charge is 2.41. The number of rotatable bonds is 6. The Hall–Kier alpha value is -1.87. The molecular weight excluding hydrogens is 429 g/mol. The molecule has 1 amide bonds. The molecule has 2 fully saturated rings. The van der Waals surface area contributed by atoms with E-state index in [1.165, 1.54) is 6.07 Å². The first-order valence-corrected chi connectivity index (χ1v) is 12.3. The molecule has 2 aliphatic rings. The number of likely N-dealkylation sites (tertiary alicyclic amines) is 1. The van der Waals surface area contributed by atoms with Crippen molar-refractivity contribution in [1.29, 1.82) is 0 Å². The third kappa shape index (κ3) is 5.20. The molecule has 0 atom stereocenters. The van der Waals surface area contributed by atoms with E-state index < -0.39 is 0 Å². The van der Waals surface area contributed by atoms with Crippen LogP contribution in [0, 0.1) is 5.82 Å². The first-order chi connectivity index (χ1) is 15.4. The maximum absolute atomic E-state index is 13.9. The number of hydrogen-bond acceptors (Lipinski definition) is 6. The van der Waals surface area contributed by atoms with Crippen molar-refractivity contribution in [3.05, 3.63) is 51.2 Å². The first kappa shape index (κ1) is 23.3. The van der Waals surface area contributed by atoms with E-state index in [9.17, 15) is 9.18 Å². The molecule has 32 heavy (non-hydrogen) atoms. The Kier molecular flexibility index (Phi) is 7.24. The van der Waals surface area contributed by atoms with E-state index in [4.69, 9.17) is 9.84 Å². The quantitative estimate of drug-likeness (QED) is 0.714. The number of morpholine rings is 1. The summed E-state index contributed by atoms with van der Waals surface area (Å²) in [5.74, 6) is 0.0603. The lowest BCUT2D eigenvalue weighted by Gasteiger charge is -2.47. The van der Waals surface area contributed by atoms with Crippen molar-refractivity contribution in [3.63, 3.8) is 0 Å². The van der Waals surface area contributed by atoms with Gasteiger partial charge >= 0.3 is 0 Å². The van der Waals surface area contributed by atoms with E-state index in [1.54, 1.807) is 11.3 Å². The number of aliphatic hydroxyl groups is 1. The molecule has 0 bridgehead atoms. The van der Waals surface area contributed by atoms with Crippen LogP contribution in [0.5, 0.6) is 0 Å². The van der Waals surface area contributed by atoms with Gasteiger partial charge in [0, 0.05) is 44.1 Å². The number of carbonyl (C=O) groups excluding carboxylic acids is 1. The number of nitrogens with zero attached hydrogens (tertiary/aromatic N) is 3. The lowest BCUT2D eigenvalue weighted by Crippen LogP contribution is -2.58. The minimum atomic E-state index is -0.299. The number of hydrogen-bond donors (Lipinski definition) is 1. The Morgan fingerprint density at radius 2 is 2.09 bits per heavy atom. The summed E-state index contributed by atoms with van der Waals surface area (Å²) in [5.41, 5.74) is 1.86.